The second-order valence-corrected chi connectivity index (χ2v) is 2.80. The van der Waals surface area contributed by atoms with Crippen molar-refractivity contribution in [2.45, 2.75) is 0 Å². The summed E-state index contributed by atoms with van der Waals surface area (Å²) in [6.45, 7) is 0. The number of nitrogen functional groups attached to an aromatic ring is 1. The van der Waals surface area contributed by atoms with Gasteiger partial charge in [-0.3, -0.25) is 15.2 Å². The first-order valence-corrected chi connectivity index (χ1v) is 4.62. The zero-order chi connectivity index (χ0) is 12.5. The van der Waals surface area contributed by atoms with Gasteiger partial charge in [-0.15, -0.1) is 0 Å². The van der Waals surface area contributed by atoms with Crippen LogP contribution in [0.3, 0.4) is 0 Å². The lowest BCUT2D eigenvalue weighted by Gasteiger charge is -1.90. The number of hydrogen-bond acceptors (Lipinski definition) is 5. The van der Waals surface area contributed by atoms with E-state index in [2.05, 4.69) is 4.98 Å². The van der Waals surface area contributed by atoms with Gasteiger partial charge >= 0.3 is 5.91 Å². The van der Waals surface area contributed by atoms with Crippen LogP contribution < -0.4 is 11.3 Å². The Labute approximate surface area is 97.7 Å². The zero-order valence-electron chi connectivity index (χ0n) is 8.83. The maximum atomic E-state index is 10.5. The molecule has 0 aliphatic heterocycles. The van der Waals surface area contributed by atoms with Gasteiger partial charge < -0.3 is 4.42 Å². The molecular weight excluding hydrogens is 220 g/mol. The normalized spacial score (nSPS) is 8.47. The molecule has 2 aromatic heterocycles. The SMILES string of the molecule is N#Cc1ccncc1.NNC(=O)c1ccco1. The fourth-order valence-electron chi connectivity index (χ4n) is 0.905. The standard InChI is InChI=1S/C6H4N2.C5H6N2O2/c7-5-6-1-3-8-4-2-6;6-7-5(8)4-2-1-3-9-4/h1-4H;1-3H,6H2,(H,7,8). The van der Waals surface area contributed by atoms with Gasteiger partial charge in [-0.2, -0.15) is 5.26 Å². The molecule has 0 unspecified atom stereocenters. The molecule has 0 saturated carbocycles. The molecule has 0 saturated heterocycles. The fourth-order valence-corrected chi connectivity index (χ4v) is 0.905. The molecule has 2 rings (SSSR count). The molecule has 0 fully saturated rings. The molecular formula is C11H10N4O2. The number of nitrogens with two attached hydrogens (primary N) is 1. The summed E-state index contributed by atoms with van der Waals surface area (Å²) in [4.78, 5) is 14.3. The Morgan fingerprint density at radius 3 is 2.53 bits per heavy atom. The second kappa shape index (κ2) is 6.76. The Morgan fingerprint density at radius 1 is 1.41 bits per heavy atom. The number of hydrazine groups is 1. The van der Waals surface area contributed by atoms with Gasteiger partial charge in [0.05, 0.1) is 17.9 Å². The van der Waals surface area contributed by atoms with E-state index in [0.29, 0.717) is 5.56 Å². The molecule has 0 aliphatic rings. The topological polar surface area (TPSA) is 105 Å². The molecule has 6 nitrogen and oxygen atoms in total. The Morgan fingerprint density at radius 2 is 2.12 bits per heavy atom. The van der Waals surface area contributed by atoms with E-state index in [0.717, 1.165) is 0 Å². The third kappa shape index (κ3) is 4.15. The van der Waals surface area contributed by atoms with Gasteiger partial charge in [0.15, 0.2) is 5.76 Å². The van der Waals surface area contributed by atoms with Gasteiger partial charge in [-0.1, -0.05) is 0 Å². The molecule has 0 radical (unpaired) electrons. The first kappa shape index (κ1) is 12.4. The molecule has 86 valence electrons. The average Bonchev–Trinajstić information content (AvgIpc) is 2.93. The molecule has 2 aromatic rings. The van der Waals surface area contributed by atoms with Gasteiger partial charge in [0.25, 0.3) is 0 Å². The third-order valence-corrected chi connectivity index (χ3v) is 1.69. The first-order chi connectivity index (χ1) is 8.27. The summed E-state index contributed by atoms with van der Waals surface area (Å²) in [6, 6.07) is 8.47. The number of amides is 1. The number of hydrogen-bond donors (Lipinski definition) is 2. The number of aromatic nitrogens is 1. The fraction of sp³-hybridized carbons (Fsp3) is 0. The average molecular weight is 230 g/mol. The minimum absolute atomic E-state index is 0.220. The molecule has 6 heteroatoms. The Bertz CT molecular complexity index is 488. The summed E-state index contributed by atoms with van der Waals surface area (Å²) in [6.07, 6.45) is 4.60. The minimum Gasteiger partial charge on any atom is -0.459 e. The molecule has 2 heterocycles. The van der Waals surface area contributed by atoms with Crippen molar-refractivity contribution in [1.82, 2.24) is 10.4 Å². The van der Waals surface area contributed by atoms with Crippen LogP contribution in [0.4, 0.5) is 0 Å². The van der Waals surface area contributed by atoms with Crippen molar-refractivity contribution in [3.05, 3.63) is 54.2 Å². The van der Waals surface area contributed by atoms with E-state index >= 15 is 0 Å². The van der Waals surface area contributed by atoms with Crippen LogP contribution in [0.5, 0.6) is 0 Å². The van der Waals surface area contributed by atoms with Crippen LogP contribution in [0.2, 0.25) is 0 Å². The van der Waals surface area contributed by atoms with Crippen LogP contribution in [0, 0.1) is 11.3 Å². The highest BCUT2D eigenvalue weighted by atomic mass is 16.3. The van der Waals surface area contributed by atoms with E-state index in [1.54, 1.807) is 30.6 Å². The van der Waals surface area contributed by atoms with Crippen LogP contribution in [0.1, 0.15) is 16.1 Å². The summed E-state index contributed by atoms with van der Waals surface area (Å²) in [5, 5.41) is 8.26. The number of nitrogens with zero attached hydrogens (tertiary/aromatic N) is 2. The molecule has 0 aromatic carbocycles. The monoisotopic (exact) mass is 230 g/mol. The number of nitrogens with one attached hydrogen (secondary N) is 1. The number of pyridine rings is 1. The van der Waals surface area contributed by atoms with Crippen molar-refractivity contribution in [1.29, 1.82) is 5.26 Å². The summed E-state index contributed by atoms with van der Waals surface area (Å²) in [7, 11) is 0. The van der Waals surface area contributed by atoms with Crippen LogP contribution in [0.15, 0.2) is 47.3 Å². The van der Waals surface area contributed by atoms with E-state index < -0.39 is 5.91 Å². The molecule has 0 spiro atoms. The molecule has 3 N–H and O–H groups in total. The maximum Gasteiger partial charge on any atom is 0.300 e. The van der Waals surface area contributed by atoms with Crippen LogP contribution in [-0.2, 0) is 0 Å². The summed E-state index contributed by atoms with van der Waals surface area (Å²) in [5.41, 5.74) is 2.59. The lowest BCUT2D eigenvalue weighted by molar-refractivity contribution is 0.0926. The van der Waals surface area contributed by atoms with Gasteiger partial charge in [-0.05, 0) is 24.3 Å². The largest absolute Gasteiger partial charge is 0.459 e. The van der Waals surface area contributed by atoms with Gasteiger partial charge in [0, 0.05) is 12.4 Å². The van der Waals surface area contributed by atoms with Crippen molar-refractivity contribution in [3.63, 3.8) is 0 Å². The molecule has 0 aliphatic carbocycles. The number of carbonyl (C=O) groups excluding carboxylic acids is 1. The highest BCUT2D eigenvalue weighted by Gasteiger charge is 2.03. The Kier molecular flexibility index (Phi) is 4.94. The Hall–Kier alpha value is -2.65. The number of carbonyl (C=O) groups is 1. The number of furan rings is 1. The minimum atomic E-state index is -0.417. The van der Waals surface area contributed by atoms with Crippen LogP contribution >= 0.6 is 0 Å². The van der Waals surface area contributed by atoms with Crippen molar-refractivity contribution in [2.75, 3.05) is 0 Å². The van der Waals surface area contributed by atoms with Gasteiger partial charge in [0.1, 0.15) is 0 Å². The molecule has 17 heavy (non-hydrogen) atoms. The van der Waals surface area contributed by atoms with Gasteiger partial charge in [-0.25, -0.2) is 5.84 Å². The highest BCUT2D eigenvalue weighted by Crippen LogP contribution is 1.97. The van der Waals surface area contributed by atoms with Crippen molar-refractivity contribution < 1.29 is 9.21 Å². The lowest BCUT2D eigenvalue weighted by Crippen LogP contribution is -2.29. The summed E-state index contributed by atoms with van der Waals surface area (Å²) in [5.74, 6) is 4.61. The van der Waals surface area contributed by atoms with Crippen molar-refractivity contribution in [3.8, 4) is 6.07 Å². The maximum absolute atomic E-state index is 10.5. The summed E-state index contributed by atoms with van der Waals surface area (Å²) < 4.78 is 4.69. The van der Waals surface area contributed by atoms with E-state index in [1.807, 2.05) is 11.5 Å². The number of nitriles is 1. The van der Waals surface area contributed by atoms with E-state index in [9.17, 15) is 4.79 Å². The molecule has 0 bridgehead atoms. The van der Waals surface area contributed by atoms with E-state index in [4.69, 9.17) is 15.5 Å². The number of rotatable bonds is 1. The van der Waals surface area contributed by atoms with Crippen molar-refractivity contribution in [2.24, 2.45) is 5.84 Å². The third-order valence-electron chi connectivity index (χ3n) is 1.69. The molecule has 1 amide bonds. The van der Waals surface area contributed by atoms with Gasteiger partial charge in [0.2, 0.25) is 0 Å². The quantitative estimate of drug-likeness (QED) is 0.429. The predicted molar refractivity (Wildman–Crippen MR) is 59.3 cm³/mol. The van der Waals surface area contributed by atoms with E-state index in [1.165, 1.54) is 12.3 Å². The zero-order valence-corrected chi connectivity index (χ0v) is 8.83. The first-order valence-electron chi connectivity index (χ1n) is 4.62. The predicted octanol–water partition coefficient (Wildman–Crippen LogP) is 0.836. The second-order valence-electron chi connectivity index (χ2n) is 2.80. The smallest absolute Gasteiger partial charge is 0.300 e. The molecule has 0 atom stereocenters. The van der Waals surface area contributed by atoms with Crippen molar-refractivity contribution >= 4 is 5.91 Å². The Balaban J connectivity index is 0.000000171. The van der Waals surface area contributed by atoms with Crippen LogP contribution in [0.25, 0.3) is 0 Å². The van der Waals surface area contributed by atoms with Crippen LogP contribution in [-0.4, -0.2) is 10.9 Å². The lowest BCUT2D eigenvalue weighted by atomic mass is 10.3. The summed E-state index contributed by atoms with van der Waals surface area (Å²) >= 11 is 0. The highest BCUT2D eigenvalue weighted by molar-refractivity contribution is 5.90. The van der Waals surface area contributed by atoms with E-state index in [-0.39, 0.29) is 5.76 Å².